The Morgan fingerprint density at radius 3 is 3.00 bits per heavy atom. The summed E-state index contributed by atoms with van der Waals surface area (Å²) >= 11 is 1.33. The molecule has 3 N–H and O–H groups in total. The number of H-pyrrole nitrogens is 1. The first kappa shape index (κ1) is 11.3. The van der Waals surface area contributed by atoms with E-state index in [9.17, 15) is 9.59 Å². The number of aromatic amines is 1. The molecule has 0 amide bonds. The molecule has 2 rings (SSSR count). The van der Waals surface area contributed by atoms with Gasteiger partial charge in [0.25, 0.3) is 5.56 Å². The van der Waals surface area contributed by atoms with Crippen LogP contribution in [0.1, 0.15) is 10.9 Å². The summed E-state index contributed by atoms with van der Waals surface area (Å²) in [5.74, 6) is -0.788. The number of hydrogen-bond donors (Lipinski definition) is 3. The van der Waals surface area contributed by atoms with E-state index in [-0.39, 0.29) is 11.4 Å². The van der Waals surface area contributed by atoms with Crippen molar-refractivity contribution >= 4 is 23.1 Å². The maximum absolute atomic E-state index is 11.1. The van der Waals surface area contributed by atoms with Crippen molar-refractivity contribution in [2.24, 2.45) is 0 Å². The Labute approximate surface area is 100.0 Å². The number of nitrogens with zero attached hydrogens (tertiary/aromatic N) is 1. The van der Waals surface area contributed by atoms with Crippen LogP contribution in [-0.4, -0.2) is 21.0 Å². The average molecular weight is 251 g/mol. The molecule has 2 heterocycles. The molecule has 0 saturated carbocycles. The van der Waals surface area contributed by atoms with Crippen LogP contribution in [0.5, 0.6) is 0 Å². The molecule has 0 radical (unpaired) electrons. The van der Waals surface area contributed by atoms with Gasteiger partial charge in [-0.15, -0.1) is 11.3 Å². The molecule has 2 aromatic heterocycles. The first-order valence-corrected chi connectivity index (χ1v) is 5.62. The van der Waals surface area contributed by atoms with E-state index in [1.54, 1.807) is 17.5 Å². The van der Waals surface area contributed by atoms with Gasteiger partial charge in [0, 0.05) is 10.9 Å². The fraction of sp³-hybridized carbons (Fsp3) is 0.100. The third-order valence-corrected chi connectivity index (χ3v) is 2.98. The monoisotopic (exact) mass is 251 g/mol. The quantitative estimate of drug-likeness (QED) is 0.755. The summed E-state index contributed by atoms with van der Waals surface area (Å²) in [5, 5.41) is 13.6. The van der Waals surface area contributed by atoms with Crippen molar-refractivity contribution in [2.45, 2.75) is 6.04 Å². The lowest BCUT2D eigenvalue weighted by atomic mass is 10.2. The highest BCUT2D eigenvalue weighted by molar-refractivity contribution is 7.10. The number of anilines is 1. The molecule has 0 aliphatic carbocycles. The average Bonchev–Trinajstić information content (AvgIpc) is 2.78. The third-order valence-electron chi connectivity index (χ3n) is 2.05. The van der Waals surface area contributed by atoms with E-state index < -0.39 is 12.0 Å². The summed E-state index contributed by atoms with van der Waals surface area (Å²) in [5.41, 5.74) is -0.335. The van der Waals surface area contributed by atoms with Crippen LogP contribution < -0.4 is 10.9 Å². The van der Waals surface area contributed by atoms with Crippen molar-refractivity contribution in [3.63, 3.8) is 0 Å². The molecule has 88 valence electrons. The Morgan fingerprint density at radius 2 is 2.41 bits per heavy atom. The van der Waals surface area contributed by atoms with E-state index in [0.29, 0.717) is 4.88 Å². The van der Waals surface area contributed by atoms with Crippen molar-refractivity contribution in [2.75, 3.05) is 5.32 Å². The Morgan fingerprint density at radius 1 is 1.59 bits per heavy atom. The molecule has 1 atom stereocenters. The number of hydrogen-bond acceptors (Lipinski definition) is 5. The van der Waals surface area contributed by atoms with Gasteiger partial charge in [0.15, 0.2) is 6.04 Å². The van der Waals surface area contributed by atoms with Crippen LogP contribution in [0.3, 0.4) is 0 Å². The second kappa shape index (κ2) is 4.79. The number of carboxylic acids is 1. The Hall–Kier alpha value is -2.15. The molecule has 2 aromatic rings. The van der Waals surface area contributed by atoms with Gasteiger partial charge >= 0.3 is 5.97 Å². The highest BCUT2D eigenvalue weighted by Gasteiger charge is 2.20. The molecule has 0 saturated heterocycles. The van der Waals surface area contributed by atoms with Crippen molar-refractivity contribution in [1.82, 2.24) is 9.97 Å². The third kappa shape index (κ3) is 2.70. The molecule has 1 unspecified atom stereocenters. The summed E-state index contributed by atoms with van der Waals surface area (Å²) in [6, 6.07) is 3.79. The molecule has 17 heavy (non-hydrogen) atoms. The van der Waals surface area contributed by atoms with E-state index in [1.165, 1.54) is 23.7 Å². The zero-order valence-electron chi connectivity index (χ0n) is 8.58. The van der Waals surface area contributed by atoms with Crippen molar-refractivity contribution in [1.29, 1.82) is 0 Å². The SMILES string of the molecule is O=C(O)C(Nc1cc(=O)[nH]cn1)c1cccs1. The zero-order chi connectivity index (χ0) is 12.3. The lowest BCUT2D eigenvalue weighted by molar-refractivity contribution is -0.138. The van der Waals surface area contributed by atoms with Crippen molar-refractivity contribution < 1.29 is 9.90 Å². The van der Waals surface area contributed by atoms with Crippen LogP contribution in [-0.2, 0) is 4.79 Å². The maximum Gasteiger partial charge on any atom is 0.331 e. The molecule has 7 heteroatoms. The zero-order valence-corrected chi connectivity index (χ0v) is 9.40. The summed E-state index contributed by atoms with van der Waals surface area (Å²) in [4.78, 5) is 29.0. The summed E-state index contributed by atoms with van der Waals surface area (Å²) in [6.45, 7) is 0. The minimum atomic E-state index is -1.02. The fourth-order valence-corrected chi connectivity index (χ4v) is 2.07. The van der Waals surface area contributed by atoms with Crippen molar-refractivity contribution in [3.05, 3.63) is 45.1 Å². The first-order chi connectivity index (χ1) is 8.16. The Kier molecular flexibility index (Phi) is 3.20. The van der Waals surface area contributed by atoms with Crippen LogP contribution in [0.25, 0.3) is 0 Å². The Bertz CT molecular complexity index is 564. The van der Waals surface area contributed by atoms with Gasteiger partial charge in [-0.05, 0) is 11.4 Å². The molecule has 0 aromatic carbocycles. The number of nitrogens with one attached hydrogen (secondary N) is 2. The predicted molar refractivity (Wildman–Crippen MR) is 63.2 cm³/mol. The molecule has 6 nitrogen and oxygen atoms in total. The van der Waals surface area contributed by atoms with Gasteiger partial charge in [-0.2, -0.15) is 0 Å². The maximum atomic E-state index is 11.1. The molecule has 0 spiro atoms. The highest BCUT2D eigenvalue weighted by atomic mass is 32.1. The van der Waals surface area contributed by atoms with Crippen molar-refractivity contribution in [3.8, 4) is 0 Å². The fourth-order valence-electron chi connectivity index (χ4n) is 1.31. The van der Waals surface area contributed by atoms with Gasteiger partial charge < -0.3 is 15.4 Å². The van der Waals surface area contributed by atoms with Crippen LogP contribution in [0.15, 0.2) is 34.7 Å². The van der Waals surface area contributed by atoms with E-state index in [2.05, 4.69) is 15.3 Å². The number of thiophene rings is 1. The molecule has 0 fully saturated rings. The lowest BCUT2D eigenvalue weighted by Gasteiger charge is -2.12. The number of rotatable bonds is 4. The second-order valence-electron chi connectivity index (χ2n) is 3.23. The number of aliphatic carboxylic acids is 1. The highest BCUT2D eigenvalue weighted by Crippen LogP contribution is 2.22. The summed E-state index contributed by atoms with van der Waals surface area (Å²) in [7, 11) is 0. The van der Waals surface area contributed by atoms with Gasteiger partial charge in [-0.1, -0.05) is 6.07 Å². The Balaban J connectivity index is 2.25. The van der Waals surface area contributed by atoms with Gasteiger partial charge in [-0.25, -0.2) is 9.78 Å². The number of aromatic nitrogens is 2. The van der Waals surface area contributed by atoms with Gasteiger partial charge in [0.1, 0.15) is 5.82 Å². The smallest absolute Gasteiger partial charge is 0.331 e. The topological polar surface area (TPSA) is 95.1 Å². The summed E-state index contributed by atoms with van der Waals surface area (Å²) < 4.78 is 0. The van der Waals surface area contributed by atoms with E-state index in [4.69, 9.17) is 5.11 Å². The second-order valence-corrected chi connectivity index (χ2v) is 4.21. The molecule has 0 aliphatic heterocycles. The minimum Gasteiger partial charge on any atom is -0.479 e. The minimum absolute atomic E-state index is 0.231. The van der Waals surface area contributed by atoms with Crippen LogP contribution >= 0.6 is 11.3 Å². The largest absolute Gasteiger partial charge is 0.479 e. The predicted octanol–water partition coefficient (Wildman–Crippen LogP) is 1.07. The van der Waals surface area contributed by atoms with E-state index >= 15 is 0 Å². The molecular formula is C10H9N3O3S. The van der Waals surface area contributed by atoms with Crippen LogP contribution in [0, 0.1) is 0 Å². The van der Waals surface area contributed by atoms with Gasteiger partial charge in [-0.3, -0.25) is 4.79 Å². The van der Waals surface area contributed by atoms with Crippen LogP contribution in [0.2, 0.25) is 0 Å². The molecule has 0 bridgehead atoms. The van der Waals surface area contributed by atoms with Gasteiger partial charge in [0.05, 0.1) is 6.33 Å². The molecular weight excluding hydrogens is 242 g/mol. The first-order valence-electron chi connectivity index (χ1n) is 4.74. The van der Waals surface area contributed by atoms with Crippen LogP contribution in [0.4, 0.5) is 5.82 Å². The lowest BCUT2D eigenvalue weighted by Crippen LogP contribution is -2.21. The molecule has 0 aliphatic rings. The summed E-state index contributed by atoms with van der Waals surface area (Å²) in [6.07, 6.45) is 1.22. The normalized spacial score (nSPS) is 12.0. The van der Waals surface area contributed by atoms with Gasteiger partial charge in [0.2, 0.25) is 0 Å². The standard InChI is InChI=1S/C10H9N3O3S/c14-8-4-7(11-5-12-8)13-9(10(15)16)6-2-1-3-17-6/h1-5,9H,(H,15,16)(H2,11,12,13,14). The van der Waals surface area contributed by atoms with E-state index in [0.717, 1.165) is 0 Å². The van der Waals surface area contributed by atoms with E-state index in [1.807, 2.05) is 0 Å². The number of carboxylic acid groups (broad SMARTS) is 1. The number of carbonyl (C=O) groups is 1.